The van der Waals surface area contributed by atoms with Crippen LogP contribution in [-0.4, -0.2) is 18.8 Å². The molecular weight excluding hydrogens is 256 g/mol. The molecule has 0 saturated carbocycles. The van der Waals surface area contributed by atoms with Crippen LogP contribution in [0.15, 0.2) is 16.9 Å². The van der Waals surface area contributed by atoms with Gasteiger partial charge in [-0.15, -0.1) is 0 Å². The molecule has 0 spiro atoms. The van der Waals surface area contributed by atoms with E-state index >= 15 is 0 Å². The maximum Gasteiger partial charge on any atom is 0.258 e. The summed E-state index contributed by atoms with van der Waals surface area (Å²) in [6.45, 7) is 0.674. The van der Waals surface area contributed by atoms with E-state index < -0.39 is 0 Å². The van der Waals surface area contributed by atoms with Crippen LogP contribution in [0.1, 0.15) is 17.7 Å². The Morgan fingerprint density at radius 2 is 1.85 bits per heavy atom. The van der Waals surface area contributed by atoms with Gasteiger partial charge in [0, 0.05) is 17.6 Å². The SMILES string of the molecule is COc1cc2c(C#N)c3n(c(=O)c2cc1OC)CCC3. The fourth-order valence-corrected chi connectivity index (χ4v) is 2.85. The number of fused-ring (bicyclic) bond motifs is 2. The molecule has 0 N–H and O–H groups in total. The van der Waals surface area contributed by atoms with E-state index in [0.29, 0.717) is 34.4 Å². The normalized spacial score (nSPS) is 13.1. The van der Waals surface area contributed by atoms with Crippen molar-refractivity contribution in [3.8, 4) is 17.6 Å². The lowest BCUT2D eigenvalue weighted by molar-refractivity contribution is 0.356. The summed E-state index contributed by atoms with van der Waals surface area (Å²) >= 11 is 0. The molecular formula is C15H14N2O3. The Balaban J connectivity index is 2.49. The molecule has 1 aromatic carbocycles. The lowest BCUT2D eigenvalue weighted by Gasteiger charge is -2.12. The van der Waals surface area contributed by atoms with Crippen molar-refractivity contribution in [2.45, 2.75) is 19.4 Å². The predicted molar refractivity (Wildman–Crippen MR) is 74.3 cm³/mol. The molecule has 1 aliphatic rings. The molecule has 0 saturated heterocycles. The van der Waals surface area contributed by atoms with E-state index in [-0.39, 0.29) is 5.56 Å². The summed E-state index contributed by atoms with van der Waals surface area (Å²) in [6, 6.07) is 5.60. The van der Waals surface area contributed by atoms with Crippen molar-refractivity contribution in [3.63, 3.8) is 0 Å². The van der Waals surface area contributed by atoms with Gasteiger partial charge in [-0.05, 0) is 25.0 Å². The maximum absolute atomic E-state index is 12.5. The van der Waals surface area contributed by atoms with Crippen molar-refractivity contribution >= 4 is 10.8 Å². The Bertz CT molecular complexity index is 800. The average molecular weight is 270 g/mol. The van der Waals surface area contributed by atoms with Gasteiger partial charge in [-0.3, -0.25) is 4.79 Å². The van der Waals surface area contributed by atoms with Crippen molar-refractivity contribution in [1.29, 1.82) is 5.26 Å². The number of methoxy groups -OCH3 is 2. The Morgan fingerprint density at radius 3 is 2.45 bits per heavy atom. The molecule has 0 fully saturated rings. The van der Waals surface area contributed by atoms with Crippen LogP contribution in [0, 0.1) is 11.3 Å². The second-order valence-corrected chi connectivity index (χ2v) is 4.75. The first-order valence-corrected chi connectivity index (χ1v) is 6.42. The largest absolute Gasteiger partial charge is 0.493 e. The first-order valence-electron chi connectivity index (χ1n) is 6.42. The molecule has 0 unspecified atom stereocenters. The van der Waals surface area contributed by atoms with Gasteiger partial charge in [-0.1, -0.05) is 0 Å². The van der Waals surface area contributed by atoms with Crippen LogP contribution in [0.3, 0.4) is 0 Å². The number of aromatic nitrogens is 1. The Labute approximate surface area is 116 Å². The van der Waals surface area contributed by atoms with E-state index in [4.69, 9.17) is 9.47 Å². The Morgan fingerprint density at radius 1 is 1.20 bits per heavy atom. The number of nitriles is 1. The molecule has 20 heavy (non-hydrogen) atoms. The topological polar surface area (TPSA) is 64.2 Å². The quantitative estimate of drug-likeness (QED) is 0.835. The minimum absolute atomic E-state index is 0.0625. The number of rotatable bonds is 2. The van der Waals surface area contributed by atoms with Crippen LogP contribution in [0.4, 0.5) is 0 Å². The van der Waals surface area contributed by atoms with Gasteiger partial charge in [0.2, 0.25) is 0 Å². The van der Waals surface area contributed by atoms with Gasteiger partial charge in [-0.2, -0.15) is 5.26 Å². The highest BCUT2D eigenvalue weighted by molar-refractivity contribution is 5.91. The minimum atomic E-state index is -0.0625. The van der Waals surface area contributed by atoms with Gasteiger partial charge in [0.1, 0.15) is 6.07 Å². The first kappa shape index (κ1) is 12.5. The number of pyridine rings is 1. The first-order chi connectivity index (χ1) is 9.71. The molecule has 2 aromatic rings. The van der Waals surface area contributed by atoms with Crippen LogP contribution in [-0.2, 0) is 13.0 Å². The smallest absolute Gasteiger partial charge is 0.258 e. The third-order valence-electron chi connectivity index (χ3n) is 3.79. The minimum Gasteiger partial charge on any atom is -0.493 e. The fraction of sp³-hybridized carbons (Fsp3) is 0.333. The van der Waals surface area contributed by atoms with Crippen molar-refractivity contribution in [1.82, 2.24) is 4.57 Å². The van der Waals surface area contributed by atoms with Crippen LogP contribution in [0.2, 0.25) is 0 Å². The Kier molecular flexibility index (Phi) is 2.87. The van der Waals surface area contributed by atoms with Crippen LogP contribution >= 0.6 is 0 Å². The monoisotopic (exact) mass is 270 g/mol. The Hall–Kier alpha value is -2.48. The van der Waals surface area contributed by atoms with Crippen LogP contribution < -0.4 is 15.0 Å². The van der Waals surface area contributed by atoms with E-state index in [1.807, 2.05) is 0 Å². The molecule has 0 aliphatic carbocycles. The summed E-state index contributed by atoms with van der Waals surface area (Å²) in [7, 11) is 3.07. The third-order valence-corrected chi connectivity index (χ3v) is 3.79. The second kappa shape index (κ2) is 4.57. The van der Waals surface area contributed by atoms with E-state index in [1.165, 1.54) is 14.2 Å². The molecule has 1 aliphatic heterocycles. The van der Waals surface area contributed by atoms with Gasteiger partial charge >= 0.3 is 0 Å². The van der Waals surface area contributed by atoms with E-state index in [9.17, 15) is 10.1 Å². The summed E-state index contributed by atoms with van der Waals surface area (Å²) in [5.41, 5.74) is 1.34. The fourth-order valence-electron chi connectivity index (χ4n) is 2.85. The molecule has 2 heterocycles. The van der Waals surface area contributed by atoms with Crippen molar-refractivity contribution < 1.29 is 9.47 Å². The number of benzene rings is 1. The van der Waals surface area contributed by atoms with Gasteiger partial charge in [0.15, 0.2) is 11.5 Å². The molecule has 5 heteroatoms. The maximum atomic E-state index is 12.5. The van der Waals surface area contributed by atoms with Crippen LogP contribution in [0.25, 0.3) is 10.8 Å². The summed E-state index contributed by atoms with van der Waals surface area (Å²) in [4.78, 5) is 12.5. The van der Waals surface area contributed by atoms with Gasteiger partial charge in [0.05, 0.1) is 25.2 Å². The van der Waals surface area contributed by atoms with E-state index in [1.54, 1.807) is 16.7 Å². The molecule has 1 aromatic heterocycles. The van der Waals surface area contributed by atoms with Crippen molar-refractivity contribution in [2.75, 3.05) is 14.2 Å². The summed E-state index contributed by atoms with van der Waals surface area (Å²) in [6.07, 6.45) is 1.66. The van der Waals surface area contributed by atoms with Crippen molar-refractivity contribution in [3.05, 3.63) is 33.7 Å². The van der Waals surface area contributed by atoms with Gasteiger partial charge in [0.25, 0.3) is 5.56 Å². The number of ether oxygens (including phenoxy) is 2. The summed E-state index contributed by atoms with van der Waals surface area (Å²) in [5.74, 6) is 1.03. The van der Waals surface area contributed by atoms with Gasteiger partial charge in [-0.25, -0.2) is 0 Å². The number of hydrogen-bond donors (Lipinski definition) is 0. The highest BCUT2D eigenvalue weighted by Gasteiger charge is 2.22. The zero-order valence-corrected chi connectivity index (χ0v) is 11.4. The number of hydrogen-bond acceptors (Lipinski definition) is 4. The summed E-state index contributed by atoms with van der Waals surface area (Å²) in [5, 5.41) is 10.6. The lowest BCUT2D eigenvalue weighted by Crippen LogP contribution is -2.21. The summed E-state index contributed by atoms with van der Waals surface area (Å²) < 4.78 is 12.2. The average Bonchev–Trinajstić information content (AvgIpc) is 2.96. The van der Waals surface area contributed by atoms with Crippen LogP contribution in [0.5, 0.6) is 11.5 Å². The standard InChI is InChI=1S/C15H14N2O3/c1-19-13-6-9-10(7-14(13)20-2)15(18)17-5-3-4-12(17)11(9)8-16/h6-7H,3-5H2,1-2H3. The number of nitrogens with zero attached hydrogens (tertiary/aromatic N) is 2. The van der Waals surface area contributed by atoms with E-state index in [0.717, 1.165) is 18.5 Å². The molecule has 102 valence electrons. The zero-order chi connectivity index (χ0) is 14.3. The zero-order valence-electron chi connectivity index (χ0n) is 11.4. The molecule has 0 amide bonds. The third kappa shape index (κ3) is 1.58. The molecule has 0 radical (unpaired) electrons. The highest BCUT2D eigenvalue weighted by atomic mass is 16.5. The lowest BCUT2D eigenvalue weighted by atomic mass is 10.0. The van der Waals surface area contributed by atoms with Crippen molar-refractivity contribution in [2.24, 2.45) is 0 Å². The highest BCUT2D eigenvalue weighted by Crippen LogP contribution is 2.34. The predicted octanol–water partition coefficient (Wildman–Crippen LogP) is 1.84. The second-order valence-electron chi connectivity index (χ2n) is 4.75. The molecule has 3 rings (SSSR count). The van der Waals surface area contributed by atoms with Gasteiger partial charge < -0.3 is 14.0 Å². The molecule has 5 nitrogen and oxygen atoms in total. The van der Waals surface area contributed by atoms with E-state index in [2.05, 4.69) is 6.07 Å². The molecule has 0 atom stereocenters. The molecule has 0 bridgehead atoms.